The Labute approximate surface area is 148 Å². The Morgan fingerprint density at radius 2 is 1.77 bits per heavy atom. The number of aromatic amines is 1. The third kappa shape index (κ3) is 2.04. The van der Waals surface area contributed by atoms with E-state index in [0.717, 1.165) is 38.6 Å². The molecule has 5 nitrogen and oxygen atoms in total. The number of hydrogen-bond acceptors (Lipinski definition) is 3. The van der Waals surface area contributed by atoms with Gasteiger partial charge in [0.15, 0.2) is 0 Å². The highest BCUT2D eigenvalue weighted by Crippen LogP contribution is 2.30. The number of para-hydroxylation sites is 1. The molecule has 0 amide bonds. The minimum atomic E-state index is -0.101. The molecule has 26 heavy (non-hydrogen) atoms. The molecule has 5 rings (SSSR count). The van der Waals surface area contributed by atoms with Crippen molar-refractivity contribution in [1.29, 1.82) is 0 Å². The van der Waals surface area contributed by atoms with E-state index in [1.54, 1.807) is 18.0 Å². The zero-order valence-electron chi connectivity index (χ0n) is 14.1. The van der Waals surface area contributed by atoms with Gasteiger partial charge in [-0.15, -0.1) is 0 Å². The van der Waals surface area contributed by atoms with Crippen LogP contribution in [0.4, 0.5) is 0 Å². The molecular formula is C21H15N3O2. The van der Waals surface area contributed by atoms with E-state index in [1.807, 2.05) is 60.7 Å². The van der Waals surface area contributed by atoms with Crippen molar-refractivity contribution in [2.75, 3.05) is 7.11 Å². The summed E-state index contributed by atoms with van der Waals surface area (Å²) in [6.07, 6.45) is 1.65. The molecule has 0 fully saturated rings. The lowest BCUT2D eigenvalue weighted by molar-refractivity contribution is 0.415. The van der Waals surface area contributed by atoms with Crippen molar-refractivity contribution in [2.45, 2.75) is 0 Å². The Morgan fingerprint density at radius 1 is 0.962 bits per heavy atom. The Balaban J connectivity index is 1.85. The van der Waals surface area contributed by atoms with Crippen molar-refractivity contribution in [3.63, 3.8) is 0 Å². The van der Waals surface area contributed by atoms with Crippen molar-refractivity contribution in [2.24, 2.45) is 0 Å². The van der Waals surface area contributed by atoms with Gasteiger partial charge in [-0.1, -0.05) is 24.3 Å². The lowest BCUT2D eigenvalue weighted by Gasteiger charge is -2.06. The molecule has 3 aromatic carbocycles. The number of hydrogen-bond donors (Lipinski definition) is 1. The van der Waals surface area contributed by atoms with Crippen molar-refractivity contribution in [3.8, 4) is 11.4 Å². The quantitative estimate of drug-likeness (QED) is 0.493. The van der Waals surface area contributed by atoms with Gasteiger partial charge in [-0.2, -0.15) is 0 Å². The Morgan fingerprint density at radius 3 is 2.58 bits per heavy atom. The van der Waals surface area contributed by atoms with E-state index in [9.17, 15) is 4.79 Å². The van der Waals surface area contributed by atoms with Gasteiger partial charge in [0.1, 0.15) is 5.75 Å². The Bertz CT molecular complexity index is 1330. The van der Waals surface area contributed by atoms with Crippen molar-refractivity contribution < 1.29 is 4.74 Å². The second-order valence-electron chi connectivity index (χ2n) is 6.18. The van der Waals surface area contributed by atoms with E-state index in [-0.39, 0.29) is 5.56 Å². The molecule has 0 radical (unpaired) electrons. The number of nitrogens with zero attached hydrogens (tertiary/aromatic N) is 2. The van der Waals surface area contributed by atoms with Gasteiger partial charge in [0.25, 0.3) is 5.56 Å². The van der Waals surface area contributed by atoms with Crippen LogP contribution in [-0.4, -0.2) is 21.9 Å². The third-order valence-corrected chi connectivity index (χ3v) is 4.73. The minimum absolute atomic E-state index is 0.101. The first-order valence-electron chi connectivity index (χ1n) is 8.32. The number of H-pyrrole nitrogens is 1. The van der Waals surface area contributed by atoms with Crippen LogP contribution < -0.4 is 10.3 Å². The maximum atomic E-state index is 12.8. The van der Waals surface area contributed by atoms with Crippen LogP contribution in [0.25, 0.3) is 38.3 Å². The molecule has 0 aliphatic heterocycles. The first-order chi connectivity index (χ1) is 12.8. The predicted octanol–water partition coefficient (Wildman–Crippen LogP) is 4.03. The molecule has 0 saturated carbocycles. The number of aromatic nitrogens is 3. The van der Waals surface area contributed by atoms with E-state index in [2.05, 4.69) is 10.1 Å². The highest BCUT2D eigenvalue weighted by Gasteiger charge is 2.13. The molecule has 0 spiro atoms. The number of nitrogens with one attached hydrogen (secondary N) is 1. The summed E-state index contributed by atoms with van der Waals surface area (Å²) < 4.78 is 6.86. The maximum Gasteiger partial charge on any atom is 0.280 e. The van der Waals surface area contributed by atoms with Crippen LogP contribution in [0.15, 0.2) is 71.7 Å². The van der Waals surface area contributed by atoms with Crippen molar-refractivity contribution in [3.05, 3.63) is 77.2 Å². The van der Waals surface area contributed by atoms with Crippen LogP contribution in [0.5, 0.6) is 5.75 Å². The number of rotatable bonds is 2. The van der Waals surface area contributed by atoms with Gasteiger partial charge in [0.2, 0.25) is 0 Å². The van der Waals surface area contributed by atoms with Gasteiger partial charge >= 0.3 is 0 Å². The molecule has 0 bridgehead atoms. The second kappa shape index (κ2) is 5.46. The average molecular weight is 341 g/mol. The zero-order valence-corrected chi connectivity index (χ0v) is 14.1. The fraction of sp³-hybridized carbons (Fsp3) is 0.0476. The molecule has 0 aliphatic carbocycles. The van der Waals surface area contributed by atoms with E-state index in [1.165, 1.54) is 0 Å². The Hall–Kier alpha value is -3.60. The summed E-state index contributed by atoms with van der Waals surface area (Å²) in [6.45, 7) is 0. The standard InChI is InChI=1S/C21H15N3O2/c1-26-15-8-10-16-13(11-15)7-9-17-19(16)22-12-18-20(17)23-24(21(18)25)14-5-3-2-4-6-14/h2-12,23H,1H3. The van der Waals surface area contributed by atoms with Gasteiger partial charge in [-0.3, -0.25) is 14.9 Å². The van der Waals surface area contributed by atoms with E-state index in [0.29, 0.717) is 5.39 Å². The minimum Gasteiger partial charge on any atom is -0.497 e. The predicted molar refractivity (Wildman–Crippen MR) is 103 cm³/mol. The molecular weight excluding hydrogens is 326 g/mol. The molecule has 2 heterocycles. The molecule has 2 aromatic heterocycles. The summed E-state index contributed by atoms with van der Waals surface area (Å²) in [4.78, 5) is 17.4. The largest absolute Gasteiger partial charge is 0.497 e. The second-order valence-corrected chi connectivity index (χ2v) is 6.18. The van der Waals surface area contributed by atoms with E-state index >= 15 is 0 Å². The fourth-order valence-electron chi connectivity index (χ4n) is 3.42. The van der Waals surface area contributed by atoms with Crippen LogP contribution in [-0.2, 0) is 0 Å². The van der Waals surface area contributed by atoms with Gasteiger partial charge < -0.3 is 4.74 Å². The molecule has 0 unspecified atom stereocenters. The van der Waals surface area contributed by atoms with Gasteiger partial charge in [-0.05, 0) is 41.8 Å². The van der Waals surface area contributed by atoms with Gasteiger partial charge in [0, 0.05) is 17.0 Å². The number of ether oxygens (including phenoxy) is 1. The molecule has 0 saturated heterocycles. The lowest BCUT2D eigenvalue weighted by Crippen LogP contribution is -2.13. The molecule has 5 aromatic rings. The molecule has 0 aliphatic rings. The van der Waals surface area contributed by atoms with Crippen LogP contribution in [0.3, 0.4) is 0 Å². The zero-order chi connectivity index (χ0) is 17.7. The normalized spacial score (nSPS) is 11.4. The van der Waals surface area contributed by atoms with Gasteiger partial charge in [-0.25, -0.2) is 4.68 Å². The molecule has 126 valence electrons. The van der Waals surface area contributed by atoms with Crippen LogP contribution in [0, 0.1) is 0 Å². The fourth-order valence-corrected chi connectivity index (χ4v) is 3.42. The summed E-state index contributed by atoms with van der Waals surface area (Å²) in [6, 6.07) is 19.5. The van der Waals surface area contributed by atoms with E-state index in [4.69, 9.17) is 4.74 Å². The summed E-state index contributed by atoms with van der Waals surface area (Å²) in [5.74, 6) is 0.807. The number of methoxy groups -OCH3 is 1. The van der Waals surface area contributed by atoms with Crippen LogP contribution >= 0.6 is 0 Å². The maximum absolute atomic E-state index is 12.8. The number of benzene rings is 3. The number of fused-ring (bicyclic) bond motifs is 5. The first kappa shape index (κ1) is 14.7. The molecule has 5 heteroatoms. The Kier molecular flexibility index (Phi) is 3.09. The highest BCUT2D eigenvalue weighted by atomic mass is 16.5. The third-order valence-electron chi connectivity index (χ3n) is 4.73. The number of pyridine rings is 1. The molecule has 1 N–H and O–H groups in total. The average Bonchev–Trinajstić information content (AvgIpc) is 3.05. The lowest BCUT2D eigenvalue weighted by atomic mass is 10.0. The monoisotopic (exact) mass is 341 g/mol. The highest BCUT2D eigenvalue weighted by molar-refractivity contribution is 6.13. The smallest absolute Gasteiger partial charge is 0.280 e. The first-order valence-corrected chi connectivity index (χ1v) is 8.32. The van der Waals surface area contributed by atoms with Crippen LogP contribution in [0.1, 0.15) is 0 Å². The summed E-state index contributed by atoms with van der Waals surface area (Å²) in [5.41, 5.74) is 2.35. The SMILES string of the molecule is COc1ccc2c(ccc3c2ncc2c(=O)n(-c4ccccc4)[nH]c23)c1. The molecule has 0 atom stereocenters. The van der Waals surface area contributed by atoms with E-state index < -0.39 is 0 Å². The topological polar surface area (TPSA) is 59.9 Å². The summed E-state index contributed by atoms with van der Waals surface area (Å²) >= 11 is 0. The van der Waals surface area contributed by atoms with Gasteiger partial charge in [0.05, 0.1) is 29.2 Å². The van der Waals surface area contributed by atoms with Crippen molar-refractivity contribution in [1.82, 2.24) is 14.8 Å². The van der Waals surface area contributed by atoms with Crippen molar-refractivity contribution >= 4 is 32.6 Å². The van der Waals surface area contributed by atoms with Crippen LogP contribution in [0.2, 0.25) is 0 Å². The summed E-state index contributed by atoms with van der Waals surface area (Å²) in [5, 5.41) is 6.83. The summed E-state index contributed by atoms with van der Waals surface area (Å²) in [7, 11) is 1.65.